The Morgan fingerprint density at radius 3 is 2.40 bits per heavy atom. The molecule has 1 fully saturated rings. The minimum atomic E-state index is -0.690. The van der Waals surface area contributed by atoms with E-state index in [0.29, 0.717) is 30.3 Å². The molecule has 7 heteroatoms. The topological polar surface area (TPSA) is 101 Å². The lowest BCUT2D eigenvalue weighted by Crippen LogP contribution is -2.16. The van der Waals surface area contributed by atoms with Crippen LogP contribution < -0.4 is 4.74 Å². The molecule has 0 aliphatic heterocycles. The maximum Gasteiger partial charge on any atom is 0.335 e. The number of aromatic amines is 1. The van der Waals surface area contributed by atoms with Crippen molar-refractivity contribution < 1.29 is 14.6 Å². The molecule has 0 unspecified atom stereocenters. The number of pyridine rings is 1. The number of nitrogens with zero attached hydrogens (tertiary/aromatic N) is 3. The number of carboxylic acid groups (broad SMARTS) is 1. The first kappa shape index (κ1) is 20.1. The molecule has 4 rings (SSSR count). The second-order valence-electron chi connectivity index (χ2n) is 7.76. The highest BCUT2D eigenvalue weighted by molar-refractivity contribution is 5.67. The average Bonchev–Trinajstić information content (AvgIpc) is 3.23. The van der Waals surface area contributed by atoms with E-state index in [-0.39, 0.29) is 6.42 Å². The number of rotatable bonds is 7. The van der Waals surface area contributed by atoms with E-state index in [1.807, 2.05) is 37.4 Å². The molecule has 0 atom stereocenters. The smallest absolute Gasteiger partial charge is 0.335 e. The second kappa shape index (κ2) is 9.07. The highest BCUT2D eigenvalue weighted by Crippen LogP contribution is 2.36. The van der Waals surface area contributed by atoms with Crippen LogP contribution in [-0.2, 0) is 4.79 Å². The van der Waals surface area contributed by atoms with E-state index in [2.05, 4.69) is 27.3 Å². The van der Waals surface area contributed by atoms with Gasteiger partial charge in [-0.15, -0.1) is 5.10 Å². The van der Waals surface area contributed by atoms with Crippen LogP contribution in [0.15, 0.2) is 42.6 Å². The number of hydrogen-bond acceptors (Lipinski definition) is 5. The van der Waals surface area contributed by atoms with E-state index < -0.39 is 5.97 Å². The molecular weight excluding hydrogens is 380 g/mol. The van der Waals surface area contributed by atoms with Crippen molar-refractivity contribution in [2.24, 2.45) is 5.92 Å². The van der Waals surface area contributed by atoms with E-state index >= 15 is 0 Å². The molecule has 30 heavy (non-hydrogen) atoms. The standard InChI is InChI=1S/C23H26N4O3/c1-2-30-23-25-22(26-27-23)18-9-7-16(8-10-18)19-11-12-20(24-14-19)17-5-3-15(4-6-17)13-21(28)29/h7-12,14-15,17H,2-6,13H2,1H3,(H,28,29)(H,25,26,27). The summed E-state index contributed by atoms with van der Waals surface area (Å²) in [4.78, 5) is 19.9. The summed E-state index contributed by atoms with van der Waals surface area (Å²) in [5.74, 6) is 0.727. The number of carboxylic acids is 1. The van der Waals surface area contributed by atoms with Crippen molar-refractivity contribution in [2.75, 3.05) is 6.61 Å². The minimum absolute atomic E-state index is 0.288. The number of carbonyl (C=O) groups is 1. The Balaban J connectivity index is 1.40. The SMILES string of the molecule is CCOc1n[nH]c(-c2ccc(-c3ccc(C4CCC(CC(=O)O)CC4)nc3)cc2)n1. The Kier molecular flexibility index (Phi) is 6.07. The number of aromatic nitrogens is 4. The molecule has 156 valence electrons. The van der Waals surface area contributed by atoms with E-state index in [1.54, 1.807) is 0 Å². The van der Waals surface area contributed by atoms with Crippen molar-refractivity contribution >= 4 is 5.97 Å². The van der Waals surface area contributed by atoms with Crippen LogP contribution in [0.25, 0.3) is 22.5 Å². The van der Waals surface area contributed by atoms with Gasteiger partial charge in [-0.05, 0) is 50.2 Å². The number of hydrogen-bond donors (Lipinski definition) is 2. The Labute approximate surface area is 175 Å². The molecule has 0 saturated heterocycles. The average molecular weight is 406 g/mol. The predicted octanol–water partition coefficient (Wildman–Crippen LogP) is 4.68. The molecule has 7 nitrogen and oxygen atoms in total. The summed E-state index contributed by atoms with van der Waals surface area (Å²) in [5, 5.41) is 15.9. The number of aliphatic carboxylic acids is 1. The van der Waals surface area contributed by atoms with Gasteiger partial charge in [0.05, 0.1) is 6.61 Å². The lowest BCUT2D eigenvalue weighted by molar-refractivity contribution is -0.138. The van der Waals surface area contributed by atoms with Crippen molar-refractivity contribution in [3.63, 3.8) is 0 Å². The molecule has 1 aliphatic carbocycles. The van der Waals surface area contributed by atoms with E-state index in [9.17, 15) is 4.79 Å². The fourth-order valence-electron chi connectivity index (χ4n) is 4.12. The molecule has 0 amide bonds. The summed E-state index contributed by atoms with van der Waals surface area (Å²) in [5.41, 5.74) is 4.21. The van der Waals surface area contributed by atoms with Crippen molar-refractivity contribution in [2.45, 2.75) is 44.9 Å². The van der Waals surface area contributed by atoms with Crippen LogP contribution >= 0.6 is 0 Å². The number of ether oxygens (including phenoxy) is 1. The van der Waals surface area contributed by atoms with Gasteiger partial charge < -0.3 is 9.84 Å². The van der Waals surface area contributed by atoms with Crippen molar-refractivity contribution in [3.8, 4) is 28.5 Å². The lowest BCUT2D eigenvalue weighted by Gasteiger charge is -2.27. The highest BCUT2D eigenvalue weighted by atomic mass is 16.5. The summed E-state index contributed by atoms with van der Waals surface area (Å²) >= 11 is 0. The molecule has 2 N–H and O–H groups in total. The van der Waals surface area contributed by atoms with E-state index in [0.717, 1.165) is 48.1 Å². The molecule has 1 saturated carbocycles. The maximum absolute atomic E-state index is 10.9. The lowest BCUT2D eigenvalue weighted by atomic mass is 9.79. The van der Waals surface area contributed by atoms with E-state index in [4.69, 9.17) is 14.8 Å². The Morgan fingerprint density at radius 2 is 1.77 bits per heavy atom. The molecular formula is C23H26N4O3. The van der Waals surface area contributed by atoms with Gasteiger partial charge in [0, 0.05) is 35.4 Å². The van der Waals surface area contributed by atoms with Gasteiger partial charge in [-0.25, -0.2) is 0 Å². The summed E-state index contributed by atoms with van der Waals surface area (Å²) in [6, 6.07) is 12.7. The highest BCUT2D eigenvalue weighted by Gasteiger charge is 2.24. The Morgan fingerprint density at radius 1 is 1.07 bits per heavy atom. The van der Waals surface area contributed by atoms with Gasteiger partial charge in [0.15, 0.2) is 5.82 Å². The maximum atomic E-state index is 10.9. The normalized spacial score (nSPS) is 18.8. The van der Waals surface area contributed by atoms with Crippen LogP contribution in [-0.4, -0.2) is 37.8 Å². The monoisotopic (exact) mass is 406 g/mol. The first-order valence-corrected chi connectivity index (χ1v) is 10.5. The summed E-state index contributed by atoms with van der Waals surface area (Å²) in [7, 11) is 0. The molecule has 3 aromatic rings. The third-order valence-electron chi connectivity index (χ3n) is 5.74. The third-order valence-corrected chi connectivity index (χ3v) is 5.74. The Bertz CT molecular complexity index is 974. The zero-order valence-electron chi connectivity index (χ0n) is 17.0. The van der Waals surface area contributed by atoms with Crippen LogP contribution in [0.2, 0.25) is 0 Å². The van der Waals surface area contributed by atoms with Crippen LogP contribution in [0.5, 0.6) is 6.01 Å². The summed E-state index contributed by atoms with van der Waals surface area (Å²) in [6.45, 7) is 2.43. The molecule has 1 aliphatic rings. The quantitative estimate of drug-likeness (QED) is 0.591. The number of benzene rings is 1. The number of H-pyrrole nitrogens is 1. The molecule has 0 bridgehead atoms. The molecule has 1 aromatic carbocycles. The second-order valence-corrected chi connectivity index (χ2v) is 7.76. The molecule has 0 spiro atoms. The zero-order valence-corrected chi connectivity index (χ0v) is 17.0. The Hall–Kier alpha value is -3.22. The van der Waals surface area contributed by atoms with Crippen LogP contribution in [0.4, 0.5) is 0 Å². The van der Waals surface area contributed by atoms with Crippen molar-refractivity contribution in [3.05, 3.63) is 48.3 Å². The summed E-state index contributed by atoms with van der Waals surface area (Å²) in [6.07, 6.45) is 6.17. The minimum Gasteiger partial charge on any atom is -0.481 e. The van der Waals surface area contributed by atoms with E-state index in [1.165, 1.54) is 0 Å². The van der Waals surface area contributed by atoms with Crippen molar-refractivity contribution in [1.29, 1.82) is 0 Å². The predicted molar refractivity (Wildman–Crippen MR) is 113 cm³/mol. The van der Waals surface area contributed by atoms with Gasteiger partial charge in [-0.3, -0.25) is 14.9 Å². The molecule has 2 aromatic heterocycles. The summed E-state index contributed by atoms with van der Waals surface area (Å²) < 4.78 is 5.30. The van der Waals surface area contributed by atoms with Gasteiger partial charge in [0.25, 0.3) is 0 Å². The third kappa shape index (κ3) is 4.67. The van der Waals surface area contributed by atoms with Crippen molar-refractivity contribution in [1.82, 2.24) is 20.2 Å². The van der Waals surface area contributed by atoms with Gasteiger partial charge in [-0.2, -0.15) is 4.98 Å². The van der Waals surface area contributed by atoms with Crippen LogP contribution in [0.3, 0.4) is 0 Å². The van der Waals surface area contributed by atoms with Gasteiger partial charge >= 0.3 is 12.0 Å². The van der Waals surface area contributed by atoms with Gasteiger partial charge in [0.1, 0.15) is 0 Å². The zero-order chi connectivity index (χ0) is 20.9. The fraction of sp³-hybridized carbons (Fsp3) is 0.391. The fourth-order valence-corrected chi connectivity index (χ4v) is 4.12. The van der Waals surface area contributed by atoms with Crippen LogP contribution in [0, 0.1) is 5.92 Å². The first-order chi connectivity index (χ1) is 14.6. The molecule has 2 heterocycles. The number of nitrogens with one attached hydrogen (secondary N) is 1. The molecule has 0 radical (unpaired) electrons. The largest absolute Gasteiger partial charge is 0.481 e. The first-order valence-electron chi connectivity index (χ1n) is 10.5. The van der Waals surface area contributed by atoms with Gasteiger partial charge in [0.2, 0.25) is 0 Å². The van der Waals surface area contributed by atoms with Gasteiger partial charge in [-0.1, -0.05) is 30.3 Å². The van der Waals surface area contributed by atoms with Crippen LogP contribution in [0.1, 0.15) is 50.6 Å².